The van der Waals surface area contributed by atoms with Crippen LogP contribution in [0.2, 0.25) is 0 Å². The van der Waals surface area contributed by atoms with Crippen LogP contribution in [-0.2, 0) is 11.0 Å². The first-order chi connectivity index (χ1) is 14.7. The molecule has 164 valence electrons. The number of amides is 1. The number of nitrogens with zero attached hydrogens (tertiary/aromatic N) is 5. The molecule has 3 aromatic rings. The number of rotatable bonds is 4. The van der Waals surface area contributed by atoms with Gasteiger partial charge in [-0.05, 0) is 50.3 Å². The first-order valence-electron chi connectivity index (χ1n) is 10.0. The quantitative estimate of drug-likeness (QED) is 0.579. The van der Waals surface area contributed by atoms with E-state index in [2.05, 4.69) is 15.1 Å². The highest BCUT2D eigenvalue weighted by Crippen LogP contribution is 2.34. The molecule has 0 bridgehead atoms. The summed E-state index contributed by atoms with van der Waals surface area (Å²) in [5.74, 6) is -0.328. The fourth-order valence-corrected chi connectivity index (χ4v) is 4.57. The van der Waals surface area contributed by atoms with Crippen molar-refractivity contribution < 1.29 is 18.0 Å². The number of likely N-dealkylation sites (tertiary alicyclic amines) is 1. The Morgan fingerprint density at radius 2 is 2.10 bits per heavy atom. The van der Waals surface area contributed by atoms with E-state index in [1.165, 1.54) is 11.3 Å². The van der Waals surface area contributed by atoms with Crippen molar-refractivity contribution in [1.82, 2.24) is 24.6 Å². The van der Waals surface area contributed by atoms with Crippen molar-refractivity contribution in [1.29, 1.82) is 0 Å². The zero-order chi connectivity index (χ0) is 22.2. The van der Waals surface area contributed by atoms with Crippen molar-refractivity contribution in [2.45, 2.75) is 44.8 Å². The summed E-state index contributed by atoms with van der Waals surface area (Å²) in [5, 5.41) is 6.00. The maximum absolute atomic E-state index is 13.5. The molecular formula is C21H22F3N5OS. The Labute approximate surface area is 181 Å². The van der Waals surface area contributed by atoms with Crippen LogP contribution >= 0.6 is 11.3 Å². The Balaban J connectivity index is 1.61. The van der Waals surface area contributed by atoms with Crippen LogP contribution in [0.15, 0.2) is 35.8 Å². The summed E-state index contributed by atoms with van der Waals surface area (Å²) in [5.41, 5.74) is 0.178. The van der Waals surface area contributed by atoms with Crippen LogP contribution in [-0.4, -0.2) is 43.6 Å². The van der Waals surface area contributed by atoms with Gasteiger partial charge in [0.05, 0.1) is 10.6 Å². The van der Waals surface area contributed by atoms with E-state index in [4.69, 9.17) is 0 Å². The van der Waals surface area contributed by atoms with Crippen molar-refractivity contribution in [2.24, 2.45) is 0 Å². The summed E-state index contributed by atoms with van der Waals surface area (Å²) in [7, 11) is 0. The molecule has 0 aliphatic carbocycles. The lowest BCUT2D eigenvalue weighted by Crippen LogP contribution is -2.43. The van der Waals surface area contributed by atoms with E-state index in [1.54, 1.807) is 40.2 Å². The highest BCUT2D eigenvalue weighted by molar-refractivity contribution is 7.13. The largest absolute Gasteiger partial charge is 0.433 e. The third-order valence-electron chi connectivity index (χ3n) is 5.50. The van der Waals surface area contributed by atoms with Gasteiger partial charge in [0.2, 0.25) is 5.91 Å². The van der Waals surface area contributed by atoms with Crippen LogP contribution in [0.4, 0.5) is 13.2 Å². The zero-order valence-corrected chi connectivity index (χ0v) is 18.0. The van der Waals surface area contributed by atoms with Crippen molar-refractivity contribution in [3.8, 4) is 10.6 Å². The van der Waals surface area contributed by atoms with Crippen LogP contribution in [0.1, 0.15) is 48.9 Å². The normalized spacial score (nSPS) is 18.2. The summed E-state index contributed by atoms with van der Waals surface area (Å²) >= 11 is 1.33. The van der Waals surface area contributed by atoms with E-state index in [0.29, 0.717) is 24.3 Å². The molecule has 0 aromatic carbocycles. The molecule has 0 unspecified atom stereocenters. The maximum atomic E-state index is 13.5. The van der Waals surface area contributed by atoms with Gasteiger partial charge in [-0.25, -0.2) is 9.97 Å². The molecule has 1 amide bonds. The molecule has 10 heteroatoms. The van der Waals surface area contributed by atoms with Gasteiger partial charge in [0, 0.05) is 30.9 Å². The number of piperidine rings is 1. The third kappa shape index (κ3) is 4.48. The van der Waals surface area contributed by atoms with Gasteiger partial charge in [0.1, 0.15) is 17.6 Å². The number of aromatic nitrogens is 4. The van der Waals surface area contributed by atoms with Gasteiger partial charge in [-0.3, -0.25) is 9.48 Å². The molecule has 6 nitrogen and oxygen atoms in total. The Morgan fingerprint density at radius 1 is 1.29 bits per heavy atom. The molecule has 4 rings (SSSR count). The van der Waals surface area contributed by atoms with E-state index in [9.17, 15) is 18.0 Å². The molecule has 0 N–H and O–H groups in total. The minimum absolute atomic E-state index is 0.109. The van der Waals surface area contributed by atoms with Gasteiger partial charge >= 0.3 is 6.18 Å². The van der Waals surface area contributed by atoms with Crippen LogP contribution in [0, 0.1) is 6.92 Å². The van der Waals surface area contributed by atoms with E-state index in [0.717, 1.165) is 11.8 Å². The van der Waals surface area contributed by atoms with Gasteiger partial charge in [-0.15, -0.1) is 11.3 Å². The Bertz CT molecular complexity index is 1060. The predicted octanol–water partition coefficient (Wildman–Crippen LogP) is 4.70. The van der Waals surface area contributed by atoms with Gasteiger partial charge in [0.25, 0.3) is 0 Å². The molecule has 3 aromatic heterocycles. The number of carbonyl (C=O) groups is 1. The SMILES string of the molecule is Cc1ccnn1[C@@H](C)C(=O)N1CCC[C@@H](c2nc(-c3cccs3)cc(C(F)(F)F)n2)C1. The smallest absolute Gasteiger partial charge is 0.340 e. The molecule has 1 aliphatic heterocycles. The molecule has 4 heterocycles. The second kappa shape index (κ2) is 8.41. The lowest BCUT2D eigenvalue weighted by Gasteiger charge is -2.34. The number of aryl methyl sites for hydroxylation is 1. The molecule has 1 saturated heterocycles. The van der Waals surface area contributed by atoms with Gasteiger partial charge in [-0.2, -0.15) is 18.3 Å². The third-order valence-corrected chi connectivity index (χ3v) is 6.39. The average Bonchev–Trinajstić information content (AvgIpc) is 3.44. The van der Waals surface area contributed by atoms with Crippen LogP contribution in [0.5, 0.6) is 0 Å². The van der Waals surface area contributed by atoms with Crippen LogP contribution < -0.4 is 0 Å². The number of hydrogen-bond donors (Lipinski definition) is 0. The lowest BCUT2D eigenvalue weighted by molar-refractivity contribution is -0.141. The summed E-state index contributed by atoms with van der Waals surface area (Å²) in [6, 6.07) is 5.84. The maximum Gasteiger partial charge on any atom is 0.433 e. The summed E-state index contributed by atoms with van der Waals surface area (Å²) in [6.45, 7) is 4.49. The minimum Gasteiger partial charge on any atom is -0.340 e. The van der Waals surface area contributed by atoms with E-state index in [1.807, 2.05) is 13.0 Å². The molecular weight excluding hydrogens is 427 g/mol. The van der Waals surface area contributed by atoms with E-state index < -0.39 is 17.9 Å². The molecule has 2 atom stereocenters. The van der Waals surface area contributed by atoms with Gasteiger partial charge < -0.3 is 4.90 Å². The number of thiophene rings is 1. The molecule has 1 fully saturated rings. The first kappa shape index (κ1) is 21.5. The first-order valence-corrected chi connectivity index (χ1v) is 10.9. The highest BCUT2D eigenvalue weighted by Gasteiger charge is 2.36. The standard InChI is InChI=1S/C21H22F3N5OS/c1-13-7-8-25-29(13)14(2)20(30)28-9-3-5-15(12-28)19-26-16(17-6-4-10-31-17)11-18(27-19)21(22,23)24/h4,6-8,10-11,14-15H,3,5,9,12H2,1-2H3/t14-,15+/m0/s1. The Hall–Kier alpha value is -2.75. The molecule has 0 saturated carbocycles. The summed E-state index contributed by atoms with van der Waals surface area (Å²) in [6.07, 6.45) is -1.62. The molecule has 0 spiro atoms. The molecule has 0 radical (unpaired) electrons. The lowest BCUT2D eigenvalue weighted by atomic mass is 9.96. The van der Waals surface area contributed by atoms with Gasteiger partial charge in [0.15, 0.2) is 0 Å². The summed E-state index contributed by atoms with van der Waals surface area (Å²) < 4.78 is 42.2. The van der Waals surface area contributed by atoms with Crippen LogP contribution in [0.25, 0.3) is 10.6 Å². The van der Waals surface area contributed by atoms with Crippen molar-refractivity contribution in [3.63, 3.8) is 0 Å². The van der Waals surface area contributed by atoms with Crippen molar-refractivity contribution >= 4 is 17.2 Å². The number of hydrogen-bond acceptors (Lipinski definition) is 5. The fourth-order valence-electron chi connectivity index (χ4n) is 3.89. The average molecular weight is 450 g/mol. The number of halogens is 3. The topological polar surface area (TPSA) is 63.9 Å². The Morgan fingerprint density at radius 3 is 2.74 bits per heavy atom. The van der Waals surface area contributed by atoms with E-state index >= 15 is 0 Å². The zero-order valence-electron chi connectivity index (χ0n) is 17.1. The monoisotopic (exact) mass is 449 g/mol. The minimum atomic E-state index is -4.57. The number of carbonyl (C=O) groups excluding carboxylic acids is 1. The predicted molar refractivity (Wildman–Crippen MR) is 111 cm³/mol. The van der Waals surface area contributed by atoms with E-state index in [-0.39, 0.29) is 29.9 Å². The van der Waals surface area contributed by atoms with Crippen molar-refractivity contribution in [3.05, 3.63) is 53.1 Å². The molecule has 31 heavy (non-hydrogen) atoms. The second-order valence-electron chi connectivity index (χ2n) is 7.69. The summed E-state index contributed by atoms with van der Waals surface area (Å²) in [4.78, 5) is 23.7. The second-order valence-corrected chi connectivity index (χ2v) is 8.64. The molecule has 1 aliphatic rings. The van der Waals surface area contributed by atoms with Gasteiger partial charge in [-0.1, -0.05) is 6.07 Å². The van der Waals surface area contributed by atoms with Crippen molar-refractivity contribution in [2.75, 3.05) is 13.1 Å². The highest BCUT2D eigenvalue weighted by atomic mass is 32.1. The Kier molecular flexibility index (Phi) is 5.83. The fraction of sp³-hybridized carbons (Fsp3) is 0.429. The van der Waals surface area contributed by atoms with Crippen LogP contribution in [0.3, 0.4) is 0 Å². The number of alkyl halides is 3.